The molecule has 0 N–H and O–H groups in total. The Balaban J connectivity index is 1.63. The van der Waals surface area contributed by atoms with Gasteiger partial charge in [0.25, 0.3) is 0 Å². The highest BCUT2D eigenvalue weighted by atomic mass is 14.5. The summed E-state index contributed by atoms with van der Waals surface area (Å²) in [6.07, 6.45) is 0. The van der Waals surface area contributed by atoms with Gasteiger partial charge in [-0.05, 0) is 145 Å². The number of fused-ring (bicyclic) bond motifs is 3. The monoisotopic (exact) mass is 582 g/mol. The van der Waals surface area contributed by atoms with Crippen LogP contribution < -0.4 is 0 Å². The fourth-order valence-corrected chi connectivity index (χ4v) is 7.46. The Bertz CT molecular complexity index is 1950. The predicted molar refractivity (Wildman–Crippen MR) is 193 cm³/mol. The second kappa shape index (κ2) is 10.7. The maximum atomic E-state index is 2.48. The van der Waals surface area contributed by atoms with Gasteiger partial charge in [0.2, 0.25) is 0 Å². The molecular weight excluding hydrogens is 540 g/mol. The number of benzene rings is 6. The summed E-state index contributed by atoms with van der Waals surface area (Å²) in [5.74, 6) is 0. The lowest BCUT2D eigenvalue weighted by atomic mass is 9.66. The molecule has 1 aliphatic carbocycles. The van der Waals surface area contributed by atoms with E-state index in [0.717, 1.165) is 0 Å². The predicted octanol–water partition coefficient (Wildman–Crippen LogP) is 11.9. The van der Waals surface area contributed by atoms with Crippen molar-refractivity contribution in [1.29, 1.82) is 0 Å². The Morgan fingerprint density at radius 3 is 1.04 bits per heavy atom. The molecule has 1 aliphatic rings. The minimum Gasteiger partial charge on any atom is -0.0587 e. The van der Waals surface area contributed by atoms with Gasteiger partial charge in [-0.1, -0.05) is 119 Å². The summed E-state index contributed by atoms with van der Waals surface area (Å²) in [6, 6.07) is 42.3. The molecule has 0 unspecified atom stereocenters. The molecule has 45 heavy (non-hydrogen) atoms. The van der Waals surface area contributed by atoms with Gasteiger partial charge < -0.3 is 0 Å². The second-order valence-corrected chi connectivity index (χ2v) is 13.6. The quantitative estimate of drug-likeness (QED) is 0.194. The Hall–Kier alpha value is -4.68. The minimum absolute atomic E-state index is 0.474. The van der Waals surface area contributed by atoms with Crippen LogP contribution in [0.2, 0.25) is 0 Å². The highest BCUT2D eigenvalue weighted by Crippen LogP contribution is 2.58. The van der Waals surface area contributed by atoms with E-state index in [-0.39, 0.29) is 0 Å². The highest BCUT2D eigenvalue weighted by molar-refractivity contribution is 5.89. The zero-order valence-electron chi connectivity index (χ0n) is 27.9. The van der Waals surface area contributed by atoms with Crippen molar-refractivity contribution < 1.29 is 0 Å². The third kappa shape index (κ3) is 4.75. The Morgan fingerprint density at radius 2 is 0.667 bits per heavy atom. The number of hydrogen-bond donors (Lipinski definition) is 0. The SMILES string of the molecule is Cc1ccc(-c2cc(C)cc(C3(c4cc(C)cc(-c5ccc(C)cc5)c4)c4cc(C)c(C)cc4-c4cc(C)c(C)cc43)c2)cc1. The van der Waals surface area contributed by atoms with E-state index >= 15 is 0 Å². The van der Waals surface area contributed by atoms with E-state index in [1.807, 2.05) is 0 Å². The van der Waals surface area contributed by atoms with Crippen molar-refractivity contribution >= 4 is 0 Å². The van der Waals surface area contributed by atoms with Crippen LogP contribution in [0.3, 0.4) is 0 Å². The van der Waals surface area contributed by atoms with E-state index in [1.54, 1.807) is 0 Å². The Kier molecular flexibility index (Phi) is 6.93. The van der Waals surface area contributed by atoms with Crippen LogP contribution in [0.15, 0.2) is 109 Å². The second-order valence-electron chi connectivity index (χ2n) is 13.6. The first-order valence-corrected chi connectivity index (χ1v) is 16.2. The zero-order chi connectivity index (χ0) is 31.6. The van der Waals surface area contributed by atoms with Crippen molar-refractivity contribution in [2.24, 2.45) is 0 Å². The smallest absolute Gasteiger partial charge is 0.0587 e. The van der Waals surface area contributed by atoms with Gasteiger partial charge in [0.1, 0.15) is 0 Å². The topological polar surface area (TPSA) is 0 Å². The minimum atomic E-state index is -0.474. The van der Waals surface area contributed by atoms with Crippen molar-refractivity contribution in [1.82, 2.24) is 0 Å². The van der Waals surface area contributed by atoms with Crippen LogP contribution >= 0.6 is 0 Å². The van der Waals surface area contributed by atoms with Crippen molar-refractivity contribution in [3.63, 3.8) is 0 Å². The molecule has 6 aromatic carbocycles. The van der Waals surface area contributed by atoms with Crippen molar-refractivity contribution in [2.75, 3.05) is 0 Å². The highest BCUT2D eigenvalue weighted by Gasteiger charge is 2.47. The van der Waals surface area contributed by atoms with Crippen LogP contribution in [0.1, 0.15) is 66.8 Å². The molecule has 0 atom stereocenters. The van der Waals surface area contributed by atoms with Gasteiger partial charge in [-0.3, -0.25) is 0 Å². The van der Waals surface area contributed by atoms with Crippen molar-refractivity contribution in [3.8, 4) is 33.4 Å². The molecule has 0 radical (unpaired) electrons. The molecule has 0 spiro atoms. The van der Waals surface area contributed by atoms with E-state index in [1.165, 1.54) is 100 Å². The van der Waals surface area contributed by atoms with Crippen LogP contribution in [0.5, 0.6) is 0 Å². The molecule has 7 rings (SSSR count). The molecule has 0 saturated heterocycles. The van der Waals surface area contributed by atoms with Gasteiger partial charge in [0, 0.05) is 0 Å². The molecular formula is C45H42. The van der Waals surface area contributed by atoms with E-state index in [0.29, 0.717) is 0 Å². The van der Waals surface area contributed by atoms with E-state index in [2.05, 4.69) is 165 Å². The molecule has 0 heteroatoms. The van der Waals surface area contributed by atoms with Crippen LogP contribution in [0, 0.1) is 55.4 Å². The fourth-order valence-electron chi connectivity index (χ4n) is 7.46. The molecule has 0 saturated carbocycles. The summed E-state index contributed by atoms with van der Waals surface area (Å²) in [7, 11) is 0. The van der Waals surface area contributed by atoms with Gasteiger partial charge in [0.05, 0.1) is 5.41 Å². The van der Waals surface area contributed by atoms with E-state index in [4.69, 9.17) is 0 Å². The standard InChI is InChI=1S/C45H42/c1-27-9-13-35(14-10-27)37-17-29(3)19-39(25-37)45(40-20-30(4)18-38(26-40)36-15-11-28(2)12-16-36)43-23-33(7)31(5)21-41(43)42-22-32(6)34(8)24-44(42)45/h9-26H,1-8H3. The number of rotatable bonds is 4. The lowest BCUT2D eigenvalue weighted by molar-refractivity contribution is 0.764. The van der Waals surface area contributed by atoms with E-state index < -0.39 is 5.41 Å². The summed E-state index contributed by atoms with van der Waals surface area (Å²) in [5.41, 5.74) is 23.1. The third-order valence-corrected chi connectivity index (χ3v) is 10.2. The molecule has 0 bridgehead atoms. The van der Waals surface area contributed by atoms with Crippen molar-refractivity contribution in [3.05, 3.63) is 176 Å². The molecule has 0 aromatic heterocycles. The van der Waals surface area contributed by atoms with Gasteiger partial charge in [-0.2, -0.15) is 0 Å². The number of hydrogen-bond acceptors (Lipinski definition) is 0. The Morgan fingerprint density at radius 1 is 0.311 bits per heavy atom. The van der Waals surface area contributed by atoms with Crippen LogP contribution in [0.4, 0.5) is 0 Å². The maximum Gasteiger partial charge on any atom is 0.0714 e. The summed E-state index contributed by atoms with van der Waals surface area (Å²) < 4.78 is 0. The average molecular weight is 583 g/mol. The normalized spacial score (nSPS) is 13.1. The van der Waals surface area contributed by atoms with Gasteiger partial charge in [-0.25, -0.2) is 0 Å². The lowest BCUT2D eigenvalue weighted by Crippen LogP contribution is -2.29. The van der Waals surface area contributed by atoms with Crippen molar-refractivity contribution in [2.45, 2.75) is 60.8 Å². The van der Waals surface area contributed by atoms with Crippen LogP contribution in [0.25, 0.3) is 33.4 Å². The molecule has 0 fully saturated rings. The first-order valence-electron chi connectivity index (χ1n) is 16.2. The molecule has 0 aliphatic heterocycles. The first-order chi connectivity index (χ1) is 21.5. The van der Waals surface area contributed by atoms with Gasteiger partial charge in [0.15, 0.2) is 0 Å². The average Bonchev–Trinajstić information content (AvgIpc) is 3.26. The van der Waals surface area contributed by atoms with Gasteiger partial charge >= 0.3 is 0 Å². The summed E-state index contributed by atoms with van der Waals surface area (Å²) in [6.45, 7) is 17.8. The third-order valence-electron chi connectivity index (χ3n) is 10.2. The largest absolute Gasteiger partial charge is 0.0714 e. The summed E-state index contributed by atoms with van der Waals surface area (Å²) in [4.78, 5) is 0. The lowest BCUT2D eigenvalue weighted by Gasteiger charge is -2.36. The van der Waals surface area contributed by atoms with Crippen LogP contribution in [-0.2, 0) is 5.41 Å². The van der Waals surface area contributed by atoms with E-state index in [9.17, 15) is 0 Å². The van der Waals surface area contributed by atoms with Crippen LogP contribution in [-0.4, -0.2) is 0 Å². The Labute approximate surface area is 269 Å². The molecule has 0 amide bonds. The first kappa shape index (κ1) is 29.1. The fraction of sp³-hybridized carbons (Fsp3) is 0.200. The zero-order valence-corrected chi connectivity index (χ0v) is 27.9. The maximum absolute atomic E-state index is 2.48. The summed E-state index contributed by atoms with van der Waals surface area (Å²) >= 11 is 0. The molecule has 222 valence electrons. The van der Waals surface area contributed by atoms with Gasteiger partial charge in [-0.15, -0.1) is 0 Å². The molecule has 6 aromatic rings. The number of aryl methyl sites for hydroxylation is 8. The molecule has 0 nitrogen and oxygen atoms in total. The molecule has 0 heterocycles. The summed E-state index contributed by atoms with van der Waals surface area (Å²) in [5, 5.41) is 0.